The fourth-order valence-electron chi connectivity index (χ4n) is 4.28. The predicted molar refractivity (Wildman–Crippen MR) is 129 cm³/mol. The lowest BCUT2D eigenvalue weighted by Crippen LogP contribution is -2.36. The van der Waals surface area contributed by atoms with Gasteiger partial charge in [-0.05, 0) is 63.3 Å². The van der Waals surface area contributed by atoms with Gasteiger partial charge in [-0.2, -0.15) is 10.4 Å². The van der Waals surface area contributed by atoms with Crippen molar-refractivity contribution in [1.29, 1.82) is 5.26 Å². The van der Waals surface area contributed by atoms with Crippen molar-refractivity contribution in [3.05, 3.63) is 65.9 Å². The van der Waals surface area contributed by atoms with Gasteiger partial charge in [0.25, 0.3) is 5.91 Å². The number of hydrogen-bond donors (Lipinski definition) is 4. The molecule has 1 aliphatic rings. The van der Waals surface area contributed by atoms with E-state index < -0.39 is 0 Å². The number of amides is 1. The van der Waals surface area contributed by atoms with Crippen LogP contribution in [0.1, 0.15) is 28.8 Å². The van der Waals surface area contributed by atoms with Crippen LogP contribution in [0.3, 0.4) is 0 Å². The van der Waals surface area contributed by atoms with E-state index in [1.54, 1.807) is 12.1 Å². The molecule has 2 aromatic carbocycles. The molecule has 8 heteroatoms. The molecule has 2 aromatic heterocycles. The molecular formula is C25H25N7O. The fraction of sp³-hybridized carbons (Fsp3) is 0.240. The first-order valence-electron chi connectivity index (χ1n) is 11.0. The highest BCUT2D eigenvalue weighted by Gasteiger charge is 2.17. The second-order valence-corrected chi connectivity index (χ2v) is 8.46. The van der Waals surface area contributed by atoms with Crippen molar-refractivity contribution in [2.75, 3.05) is 30.8 Å². The Morgan fingerprint density at radius 3 is 2.73 bits per heavy atom. The van der Waals surface area contributed by atoms with E-state index in [0.717, 1.165) is 48.1 Å². The van der Waals surface area contributed by atoms with Crippen LogP contribution in [0.15, 0.2) is 54.7 Å². The second-order valence-electron chi connectivity index (χ2n) is 8.46. The van der Waals surface area contributed by atoms with Gasteiger partial charge in [0.2, 0.25) is 0 Å². The van der Waals surface area contributed by atoms with Crippen LogP contribution in [0.5, 0.6) is 0 Å². The van der Waals surface area contributed by atoms with Crippen LogP contribution in [0.2, 0.25) is 0 Å². The van der Waals surface area contributed by atoms with Crippen molar-refractivity contribution in [1.82, 2.24) is 20.1 Å². The molecule has 0 saturated carbocycles. The molecule has 0 bridgehead atoms. The first-order valence-corrected chi connectivity index (χ1v) is 11.0. The number of piperidine rings is 1. The van der Waals surface area contributed by atoms with Gasteiger partial charge in [0.1, 0.15) is 11.9 Å². The lowest BCUT2D eigenvalue weighted by atomic mass is 10.0. The standard InChI is InChI=1S/C25H25N7O/c1-32-11-9-19(10-12-32)28-18-7-5-16(6-8-18)25(33)29-23-13-22(30-31-23)21-15-27-24-17(14-26)3-2-4-20(21)24/h2-8,13,15,19,27-28H,9-12H2,1H3,(H2,29,30,31,33). The number of nitrogens with one attached hydrogen (secondary N) is 4. The summed E-state index contributed by atoms with van der Waals surface area (Å²) in [7, 11) is 2.15. The quantitative estimate of drug-likeness (QED) is 0.372. The summed E-state index contributed by atoms with van der Waals surface area (Å²) >= 11 is 0. The molecule has 0 spiro atoms. The molecule has 0 unspecified atom stereocenters. The summed E-state index contributed by atoms with van der Waals surface area (Å²) in [5.41, 5.74) is 4.51. The number of hydrogen-bond acceptors (Lipinski definition) is 5. The lowest BCUT2D eigenvalue weighted by Gasteiger charge is -2.30. The summed E-state index contributed by atoms with van der Waals surface area (Å²) in [6.45, 7) is 2.20. The number of aromatic amines is 2. The molecule has 4 N–H and O–H groups in total. The summed E-state index contributed by atoms with van der Waals surface area (Å²) < 4.78 is 0. The van der Waals surface area contributed by atoms with E-state index in [1.807, 2.05) is 42.6 Å². The van der Waals surface area contributed by atoms with Crippen LogP contribution in [0.4, 0.5) is 11.5 Å². The predicted octanol–water partition coefficient (Wildman–Crippen LogP) is 4.19. The third-order valence-electron chi connectivity index (χ3n) is 6.17. The zero-order chi connectivity index (χ0) is 22.8. The number of carbonyl (C=O) groups excluding carboxylic acids is 1. The van der Waals surface area contributed by atoms with Crippen LogP contribution in [0.25, 0.3) is 22.2 Å². The molecule has 4 aromatic rings. The molecule has 0 atom stereocenters. The van der Waals surface area contributed by atoms with E-state index in [0.29, 0.717) is 28.7 Å². The molecule has 1 fully saturated rings. The van der Waals surface area contributed by atoms with Crippen molar-refractivity contribution in [2.24, 2.45) is 0 Å². The minimum atomic E-state index is -0.207. The van der Waals surface area contributed by atoms with Crippen LogP contribution < -0.4 is 10.6 Å². The van der Waals surface area contributed by atoms with Crippen molar-refractivity contribution in [3.63, 3.8) is 0 Å². The number of carbonyl (C=O) groups is 1. The van der Waals surface area contributed by atoms with Crippen molar-refractivity contribution in [2.45, 2.75) is 18.9 Å². The Bertz CT molecular complexity index is 1320. The van der Waals surface area contributed by atoms with Gasteiger partial charge in [0, 0.05) is 40.5 Å². The first-order chi connectivity index (χ1) is 16.1. The molecule has 1 aliphatic heterocycles. The van der Waals surface area contributed by atoms with Crippen molar-refractivity contribution < 1.29 is 4.79 Å². The van der Waals surface area contributed by atoms with Crippen LogP contribution in [0, 0.1) is 11.3 Å². The summed E-state index contributed by atoms with van der Waals surface area (Å²) in [6.07, 6.45) is 4.06. The summed E-state index contributed by atoms with van der Waals surface area (Å²) in [6, 6.07) is 17.6. The molecular weight excluding hydrogens is 414 g/mol. The maximum absolute atomic E-state index is 12.7. The first kappa shape index (κ1) is 20.8. The Labute approximate surface area is 191 Å². The lowest BCUT2D eigenvalue weighted by molar-refractivity contribution is 0.102. The summed E-state index contributed by atoms with van der Waals surface area (Å²) in [4.78, 5) is 18.2. The highest BCUT2D eigenvalue weighted by Crippen LogP contribution is 2.30. The molecule has 0 aliphatic carbocycles. The molecule has 8 nitrogen and oxygen atoms in total. The Hall–Kier alpha value is -4.09. The SMILES string of the molecule is CN1CCC(Nc2ccc(C(=O)Nc3cc(-c4c[nH]c5c(C#N)cccc45)n[nH]3)cc2)CC1. The van der Waals surface area contributed by atoms with Gasteiger partial charge in [-0.25, -0.2) is 0 Å². The van der Waals surface area contributed by atoms with E-state index >= 15 is 0 Å². The van der Waals surface area contributed by atoms with E-state index in [1.165, 1.54) is 0 Å². The topological polar surface area (TPSA) is 113 Å². The number of nitriles is 1. The van der Waals surface area contributed by atoms with Crippen molar-refractivity contribution >= 4 is 28.3 Å². The van der Waals surface area contributed by atoms with Gasteiger partial charge in [-0.1, -0.05) is 12.1 Å². The minimum Gasteiger partial charge on any atom is -0.382 e. The zero-order valence-corrected chi connectivity index (χ0v) is 18.4. The van der Waals surface area contributed by atoms with Gasteiger partial charge in [0.05, 0.1) is 16.8 Å². The maximum atomic E-state index is 12.7. The maximum Gasteiger partial charge on any atom is 0.256 e. The minimum absolute atomic E-state index is 0.207. The number of nitrogens with zero attached hydrogens (tertiary/aromatic N) is 3. The Morgan fingerprint density at radius 1 is 1.18 bits per heavy atom. The largest absolute Gasteiger partial charge is 0.382 e. The smallest absolute Gasteiger partial charge is 0.256 e. The summed E-state index contributed by atoms with van der Waals surface area (Å²) in [5, 5.41) is 23.9. The molecule has 5 rings (SSSR count). The highest BCUT2D eigenvalue weighted by molar-refractivity contribution is 6.04. The number of benzene rings is 2. The number of para-hydroxylation sites is 1. The fourth-order valence-corrected chi connectivity index (χ4v) is 4.28. The molecule has 3 heterocycles. The molecule has 1 amide bonds. The number of likely N-dealkylation sites (tertiary alicyclic amines) is 1. The van der Waals surface area contributed by atoms with E-state index in [-0.39, 0.29) is 5.91 Å². The third kappa shape index (κ3) is 4.31. The Balaban J connectivity index is 1.25. The molecule has 0 radical (unpaired) electrons. The molecule has 1 saturated heterocycles. The molecule has 166 valence electrons. The number of rotatable bonds is 5. The van der Waals surface area contributed by atoms with Gasteiger partial charge in [0.15, 0.2) is 0 Å². The van der Waals surface area contributed by atoms with Crippen LogP contribution in [-0.2, 0) is 0 Å². The van der Waals surface area contributed by atoms with Crippen molar-refractivity contribution in [3.8, 4) is 17.3 Å². The zero-order valence-electron chi connectivity index (χ0n) is 18.4. The van der Waals surface area contributed by atoms with Crippen LogP contribution in [-0.4, -0.2) is 52.2 Å². The highest BCUT2D eigenvalue weighted by atomic mass is 16.1. The third-order valence-corrected chi connectivity index (χ3v) is 6.17. The number of fused-ring (bicyclic) bond motifs is 1. The number of anilines is 2. The average molecular weight is 440 g/mol. The van der Waals surface area contributed by atoms with Gasteiger partial charge in [-0.3, -0.25) is 9.89 Å². The monoisotopic (exact) mass is 439 g/mol. The van der Waals surface area contributed by atoms with E-state index in [4.69, 9.17) is 0 Å². The average Bonchev–Trinajstić information content (AvgIpc) is 3.47. The molecule has 33 heavy (non-hydrogen) atoms. The van der Waals surface area contributed by atoms with Gasteiger partial charge in [-0.15, -0.1) is 0 Å². The van der Waals surface area contributed by atoms with Crippen LogP contribution >= 0.6 is 0 Å². The van der Waals surface area contributed by atoms with Gasteiger partial charge < -0.3 is 20.5 Å². The number of aromatic nitrogens is 3. The second kappa shape index (κ2) is 8.81. The van der Waals surface area contributed by atoms with E-state index in [9.17, 15) is 10.1 Å². The summed E-state index contributed by atoms with van der Waals surface area (Å²) in [5.74, 6) is 0.302. The van der Waals surface area contributed by atoms with Gasteiger partial charge >= 0.3 is 0 Å². The Morgan fingerprint density at radius 2 is 1.97 bits per heavy atom. The van der Waals surface area contributed by atoms with E-state index in [2.05, 4.69) is 43.8 Å². The Kier molecular flexibility index (Phi) is 5.55. The number of H-pyrrole nitrogens is 2. The normalized spacial score (nSPS) is 14.8.